The maximum Gasteiger partial charge on any atom is 0.229 e. The molecule has 1 fully saturated rings. The summed E-state index contributed by atoms with van der Waals surface area (Å²) in [5, 5.41) is 3.28. The molecular weight excluding hydrogens is 228 g/mol. The van der Waals surface area contributed by atoms with Crippen LogP contribution >= 0.6 is 0 Å². The highest BCUT2D eigenvalue weighted by Gasteiger charge is 2.24. The molecule has 4 heteroatoms. The average molecular weight is 248 g/mol. The van der Waals surface area contributed by atoms with Gasteiger partial charge in [0.15, 0.2) is 0 Å². The quantitative estimate of drug-likeness (QED) is 0.884. The van der Waals surface area contributed by atoms with Crippen molar-refractivity contribution < 1.29 is 9.53 Å². The molecule has 1 aliphatic heterocycles. The van der Waals surface area contributed by atoms with Gasteiger partial charge in [0.1, 0.15) is 5.75 Å². The summed E-state index contributed by atoms with van der Waals surface area (Å²) in [6.07, 6.45) is 1.86. The van der Waals surface area contributed by atoms with Gasteiger partial charge in [0.2, 0.25) is 5.91 Å². The fourth-order valence-corrected chi connectivity index (χ4v) is 2.28. The van der Waals surface area contributed by atoms with Crippen LogP contribution in [0.5, 0.6) is 5.75 Å². The van der Waals surface area contributed by atoms with Crippen LogP contribution in [0, 0.1) is 5.92 Å². The van der Waals surface area contributed by atoms with Crippen molar-refractivity contribution in [1.82, 2.24) is 5.32 Å². The molecule has 98 valence electrons. The normalized spacial score (nSPS) is 16.3. The number of ether oxygens (including phenoxy) is 1. The number of carbonyl (C=O) groups is 1. The van der Waals surface area contributed by atoms with Crippen LogP contribution in [0.2, 0.25) is 0 Å². The second-order valence-corrected chi connectivity index (χ2v) is 4.62. The zero-order valence-electron chi connectivity index (χ0n) is 11.0. The maximum absolute atomic E-state index is 12.3. The molecule has 1 aromatic rings. The minimum absolute atomic E-state index is 0.151. The van der Waals surface area contributed by atoms with Crippen LogP contribution < -0.4 is 15.0 Å². The molecule has 0 aromatic heterocycles. The lowest BCUT2D eigenvalue weighted by molar-refractivity contribution is -0.122. The summed E-state index contributed by atoms with van der Waals surface area (Å²) < 4.78 is 5.11. The van der Waals surface area contributed by atoms with Gasteiger partial charge in [-0.2, -0.15) is 0 Å². The summed E-state index contributed by atoms with van der Waals surface area (Å²) in [6.45, 7) is 1.87. The molecular formula is C14H20N2O2. The lowest BCUT2D eigenvalue weighted by atomic mass is 9.96. The number of hydrogen-bond acceptors (Lipinski definition) is 3. The molecule has 1 heterocycles. The van der Waals surface area contributed by atoms with Gasteiger partial charge in [0.05, 0.1) is 7.11 Å². The third kappa shape index (κ3) is 2.82. The summed E-state index contributed by atoms with van der Waals surface area (Å²) in [7, 11) is 3.48. The SMILES string of the molecule is COc1ccc(N(C)C(=O)C2CCNCC2)cc1. The Hall–Kier alpha value is -1.55. The molecule has 0 atom stereocenters. The number of nitrogens with one attached hydrogen (secondary N) is 1. The van der Waals surface area contributed by atoms with Crippen LogP contribution in [-0.4, -0.2) is 33.2 Å². The molecule has 0 unspecified atom stereocenters. The van der Waals surface area contributed by atoms with Gasteiger partial charge in [-0.25, -0.2) is 0 Å². The number of piperidine rings is 1. The molecule has 4 nitrogen and oxygen atoms in total. The van der Waals surface area contributed by atoms with Crippen molar-refractivity contribution in [3.63, 3.8) is 0 Å². The number of anilines is 1. The van der Waals surface area contributed by atoms with Crippen LogP contribution in [0.3, 0.4) is 0 Å². The van der Waals surface area contributed by atoms with Crippen molar-refractivity contribution in [3.8, 4) is 5.75 Å². The van der Waals surface area contributed by atoms with Crippen molar-refractivity contribution >= 4 is 11.6 Å². The molecule has 1 amide bonds. The van der Waals surface area contributed by atoms with Gasteiger partial charge in [-0.1, -0.05) is 0 Å². The summed E-state index contributed by atoms with van der Waals surface area (Å²) in [6, 6.07) is 7.58. The first-order valence-corrected chi connectivity index (χ1v) is 6.34. The van der Waals surface area contributed by atoms with E-state index in [-0.39, 0.29) is 11.8 Å². The fourth-order valence-electron chi connectivity index (χ4n) is 2.28. The largest absolute Gasteiger partial charge is 0.497 e. The van der Waals surface area contributed by atoms with Crippen molar-refractivity contribution in [3.05, 3.63) is 24.3 Å². The second kappa shape index (κ2) is 5.87. The number of rotatable bonds is 3. The Labute approximate surface area is 108 Å². The van der Waals surface area contributed by atoms with E-state index in [0.29, 0.717) is 0 Å². The summed E-state index contributed by atoms with van der Waals surface area (Å²) in [5.74, 6) is 1.17. The Bertz CT molecular complexity index is 397. The molecule has 2 rings (SSSR count). The van der Waals surface area contributed by atoms with Crippen LogP contribution in [0.15, 0.2) is 24.3 Å². The summed E-state index contributed by atoms with van der Waals surface area (Å²) in [4.78, 5) is 14.1. The molecule has 0 spiro atoms. The molecule has 1 aromatic carbocycles. The Morgan fingerprint density at radius 2 is 1.89 bits per heavy atom. The van der Waals surface area contributed by atoms with E-state index < -0.39 is 0 Å². The third-order valence-corrected chi connectivity index (χ3v) is 3.48. The van der Waals surface area contributed by atoms with E-state index in [1.807, 2.05) is 31.3 Å². The first kappa shape index (κ1) is 12.9. The number of nitrogens with zero attached hydrogens (tertiary/aromatic N) is 1. The van der Waals surface area contributed by atoms with E-state index in [9.17, 15) is 4.79 Å². The topological polar surface area (TPSA) is 41.6 Å². The average Bonchev–Trinajstić information content (AvgIpc) is 2.47. The van der Waals surface area contributed by atoms with Crippen molar-refractivity contribution in [2.45, 2.75) is 12.8 Å². The molecule has 18 heavy (non-hydrogen) atoms. The highest BCUT2D eigenvalue weighted by Crippen LogP contribution is 2.22. The minimum Gasteiger partial charge on any atom is -0.497 e. The van der Waals surface area contributed by atoms with E-state index in [2.05, 4.69) is 5.32 Å². The lowest BCUT2D eigenvalue weighted by Crippen LogP contribution is -2.39. The van der Waals surface area contributed by atoms with Gasteiger partial charge in [-0.15, -0.1) is 0 Å². The van der Waals surface area contributed by atoms with Gasteiger partial charge >= 0.3 is 0 Å². The Morgan fingerprint density at radius 3 is 2.44 bits per heavy atom. The second-order valence-electron chi connectivity index (χ2n) is 4.62. The zero-order valence-corrected chi connectivity index (χ0v) is 11.0. The smallest absolute Gasteiger partial charge is 0.229 e. The monoisotopic (exact) mass is 248 g/mol. The van der Waals surface area contributed by atoms with Gasteiger partial charge in [0, 0.05) is 18.7 Å². The Balaban J connectivity index is 2.04. The molecule has 0 radical (unpaired) electrons. The van der Waals surface area contributed by atoms with E-state index >= 15 is 0 Å². The summed E-state index contributed by atoms with van der Waals surface area (Å²) in [5.41, 5.74) is 0.916. The maximum atomic E-state index is 12.3. The minimum atomic E-state index is 0.151. The lowest BCUT2D eigenvalue weighted by Gasteiger charge is -2.27. The van der Waals surface area contributed by atoms with Crippen LogP contribution in [0.4, 0.5) is 5.69 Å². The van der Waals surface area contributed by atoms with E-state index in [0.717, 1.165) is 37.4 Å². The highest BCUT2D eigenvalue weighted by atomic mass is 16.5. The Kier molecular flexibility index (Phi) is 4.20. The molecule has 0 saturated carbocycles. The number of carbonyl (C=O) groups excluding carboxylic acids is 1. The molecule has 0 aliphatic carbocycles. The van der Waals surface area contributed by atoms with Crippen molar-refractivity contribution in [2.75, 3.05) is 32.1 Å². The van der Waals surface area contributed by atoms with Gasteiger partial charge in [0.25, 0.3) is 0 Å². The highest BCUT2D eigenvalue weighted by molar-refractivity contribution is 5.94. The van der Waals surface area contributed by atoms with Crippen molar-refractivity contribution in [2.24, 2.45) is 5.92 Å². The third-order valence-electron chi connectivity index (χ3n) is 3.48. The molecule has 1 N–H and O–H groups in total. The molecule has 0 bridgehead atoms. The van der Waals surface area contributed by atoms with Crippen molar-refractivity contribution in [1.29, 1.82) is 0 Å². The predicted octanol–water partition coefficient (Wildman–Crippen LogP) is 1.66. The first-order chi connectivity index (χ1) is 8.72. The first-order valence-electron chi connectivity index (χ1n) is 6.34. The predicted molar refractivity (Wildman–Crippen MR) is 72.0 cm³/mol. The number of hydrogen-bond donors (Lipinski definition) is 1. The number of benzene rings is 1. The van der Waals surface area contributed by atoms with E-state index in [1.165, 1.54) is 0 Å². The molecule has 1 saturated heterocycles. The van der Waals surface area contributed by atoms with Crippen LogP contribution in [0.25, 0.3) is 0 Å². The Morgan fingerprint density at radius 1 is 1.28 bits per heavy atom. The molecule has 1 aliphatic rings. The van der Waals surface area contributed by atoms with Gasteiger partial charge in [-0.05, 0) is 50.2 Å². The van der Waals surface area contributed by atoms with E-state index in [1.54, 1.807) is 12.0 Å². The van der Waals surface area contributed by atoms with E-state index in [4.69, 9.17) is 4.74 Å². The number of amides is 1. The van der Waals surface area contributed by atoms with Gasteiger partial charge in [-0.3, -0.25) is 4.79 Å². The fraction of sp³-hybridized carbons (Fsp3) is 0.500. The summed E-state index contributed by atoms with van der Waals surface area (Å²) >= 11 is 0. The number of methoxy groups -OCH3 is 1. The standard InChI is InChI=1S/C14H20N2O2/c1-16(12-3-5-13(18-2)6-4-12)14(17)11-7-9-15-10-8-11/h3-6,11,15H,7-10H2,1-2H3. The van der Waals surface area contributed by atoms with Crippen LogP contribution in [0.1, 0.15) is 12.8 Å². The zero-order chi connectivity index (χ0) is 13.0. The van der Waals surface area contributed by atoms with Crippen LogP contribution in [-0.2, 0) is 4.79 Å². The van der Waals surface area contributed by atoms with Gasteiger partial charge < -0.3 is 15.0 Å².